The molecule has 3 nitrogen and oxygen atoms in total. The van der Waals surface area contributed by atoms with Crippen LogP contribution in [-0.4, -0.2) is 18.4 Å². The van der Waals surface area contributed by atoms with Gasteiger partial charge in [-0.2, -0.15) is 0 Å². The van der Waals surface area contributed by atoms with E-state index in [1.807, 2.05) is 60.8 Å². The molecule has 0 aliphatic heterocycles. The van der Waals surface area contributed by atoms with Crippen LogP contribution in [0.25, 0.3) is 22.6 Å². The van der Waals surface area contributed by atoms with Gasteiger partial charge < -0.3 is 9.72 Å². The van der Waals surface area contributed by atoms with E-state index in [1.165, 1.54) is 0 Å². The lowest BCUT2D eigenvalue weighted by atomic mass is 10.0. The van der Waals surface area contributed by atoms with Crippen LogP contribution in [-0.2, 0) is 4.79 Å². The van der Waals surface area contributed by atoms with Crippen LogP contribution >= 0.6 is 0 Å². The molecule has 1 aromatic heterocycles. The number of nitrogens with one attached hydrogen (secondary N) is 1. The maximum absolute atomic E-state index is 11.5. The van der Waals surface area contributed by atoms with Gasteiger partial charge in [0.1, 0.15) is 5.75 Å². The first-order valence-electron chi connectivity index (χ1n) is 6.70. The number of hydrogen-bond acceptors (Lipinski definition) is 2. The average molecular weight is 277 g/mol. The van der Waals surface area contributed by atoms with Crippen molar-refractivity contribution in [3.63, 3.8) is 0 Å². The average Bonchev–Trinajstić information content (AvgIpc) is 2.97. The van der Waals surface area contributed by atoms with Crippen molar-refractivity contribution in [3.05, 3.63) is 65.9 Å². The molecule has 2 aromatic carbocycles. The van der Waals surface area contributed by atoms with Crippen LogP contribution in [0.2, 0.25) is 0 Å². The van der Waals surface area contributed by atoms with Gasteiger partial charge in [0, 0.05) is 33.8 Å². The van der Waals surface area contributed by atoms with Gasteiger partial charge in [-0.3, -0.25) is 4.79 Å². The number of fused-ring (bicyclic) bond motifs is 1. The number of methoxy groups -OCH3 is 1. The van der Waals surface area contributed by atoms with Gasteiger partial charge in [-0.05, 0) is 18.2 Å². The zero-order valence-corrected chi connectivity index (χ0v) is 11.7. The highest BCUT2D eigenvalue weighted by atomic mass is 16.5. The van der Waals surface area contributed by atoms with Gasteiger partial charge in [-0.15, -0.1) is 0 Å². The molecule has 0 aliphatic carbocycles. The molecule has 3 rings (SSSR count). The number of benzene rings is 2. The first-order chi connectivity index (χ1) is 10.3. The molecular formula is C18H15NO2. The fraction of sp³-hybridized carbons (Fsp3) is 0.0556. The van der Waals surface area contributed by atoms with Crippen molar-refractivity contribution >= 4 is 28.8 Å². The van der Waals surface area contributed by atoms with Crippen LogP contribution in [0.4, 0.5) is 0 Å². The van der Waals surface area contributed by atoms with Gasteiger partial charge in [-0.25, -0.2) is 0 Å². The zero-order valence-electron chi connectivity index (χ0n) is 11.7. The highest BCUT2D eigenvalue weighted by molar-refractivity contribution is 6.18. The topological polar surface area (TPSA) is 42.1 Å². The monoisotopic (exact) mass is 277 g/mol. The van der Waals surface area contributed by atoms with Gasteiger partial charge in [0.2, 0.25) is 0 Å². The van der Waals surface area contributed by atoms with E-state index in [4.69, 9.17) is 4.74 Å². The van der Waals surface area contributed by atoms with E-state index in [-0.39, 0.29) is 0 Å². The van der Waals surface area contributed by atoms with Gasteiger partial charge >= 0.3 is 0 Å². The number of hydrogen-bond donors (Lipinski definition) is 1. The Bertz CT molecular complexity index is 815. The van der Waals surface area contributed by atoms with Crippen molar-refractivity contribution in [2.24, 2.45) is 0 Å². The fourth-order valence-corrected chi connectivity index (χ4v) is 2.44. The summed E-state index contributed by atoms with van der Waals surface area (Å²) in [4.78, 5) is 14.7. The fourth-order valence-electron chi connectivity index (χ4n) is 2.44. The number of H-pyrrole nitrogens is 1. The van der Waals surface area contributed by atoms with Gasteiger partial charge in [-0.1, -0.05) is 36.4 Å². The Morgan fingerprint density at radius 3 is 2.67 bits per heavy atom. The minimum atomic E-state index is 0.622. The summed E-state index contributed by atoms with van der Waals surface area (Å²) in [6.45, 7) is 0. The quantitative estimate of drug-likeness (QED) is 0.580. The predicted octanol–water partition coefficient (Wildman–Crippen LogP) is 3.92. The first-order valence-corrected chi connectivity index (χ1v) is 6.70. The molecule has 0 amide bonds. The van der Waals surface area contributed by atoms with Crippen LogP contribution in [0.5, 0.6) is 5.75 Å². The largest absolute Gasteiger partial charge is 0.496 e. The number of allylic oxidation sites excluding steroid dienone is 1. The lowest BCUT2D eigenvalue weighted by molar-refractivity contribution is -0.103. The maximum Gasteiger partial charge on any atom is 0.150 e. The second-order valence-electron chi connectivity index (χ2n) is 4.71. The van der Waals surface area contributed by atoms with E-state index in [0.29, 0.717) is 5.57 Å². The SMILES string of the molecule is COc1ccccc1/C=C(/C=O)c1c[nH]c2ccccc12. The van der Waals surface area contributed by atoms with Crippen molar-refractivity contribution < 1.29 is 9.53 Å². The van der Waals surface area contributed by atoms with E-state index < -0.39 is 0 Å². The highest BCUT2D eigenvalue weighted by Gasteiger charge is 2.09. The Morgan fingerprint density at radius 1 is 1.10 bits per heavy atom. The third-order valence-electron chi connectivity index (χ3n) is 3.48. The number of carbonyl (C=O) groups excluding carboxylic acids is 1. The Balaban J connectivity index is 2.14. The molecular weight excluding hydrogens is 262 g/mol. The van der Waals surface area contributed by atoms with E-state index in [0.717, 1.165) is 34.1 Å². The van der Waals surface area contributed by atoms with Crippen LogP contribution in [0.15, 0.2) is 54.7 Å². The summed E-state index contributed by atoms with van der Waals surface area (Å²) in [7, 11) is 1.62. The highest BCUT2D eigenvalue weighted by Crippen LogP contribution is 2.28. The molecule has 0 fully saturated rings. The molecule has 0 spiro atoms. The summed E-state index contributed by atoms with van der Waals surface area (Å²) in [6.07, 6.45) is 4.59. The summed E-state index contributed by atoms with van der Waals surface area (Å²) in [5.74, 6) is 0.747. The number of carbonyl (C=O) groups is 1. The molecule has 3 heteroatoms. The number of aromatic amines is 1. The Kier molecular flexibility index (Phi) is 3.56. The Labute approximate surface area is 122 Å². The number of para-hydroxylation sites is 2. The maximum atomic E-state index is 11.5. The van der Waals surface area contributed by atoms with E-state index in [2.05, 4.69) is 4.98 Å². The summed E-state index contributed by atoms with van der Waals surface area (Å²) >= 11 is 0. The summed E-state index contributed by atoms with van der Waals surface area (Å²) in [5.41, 5.74) is 3.41. The minimum Gasteiger partial charge on any atom is -0.496 e. The smallest absolute Gasteiger partial charge is 0.150 e. The van der Waals surface area contributed by atoms with Crippen molar-refractivity contribution in [2.45, 2.75) is 0 Å². The number of rotatable bonds is 4. The molecule has 3 aromatic rings. The molecule has 0 saturated heterocycles. The van der Waals surface area contributed by atoms with Crippen LogP contribution in [0.3, 0.4) is 0 Å². The third-order valence-corrected chi connectivity index (χ3v) is 3.48. The van der Waals surface area contributed by atoms with Gasteiger partial charge in [0.15, 0.2) is 6.29 Å². The van der Waals surface area contributed by atoms with Crippen LogP contribution in [0, 0.1) is 0 Å². The predicted molar refractivity (Wildman–Crippen MR) is 85.2 cm³/mol. The Hall–Kier alpha value is -2.81. The zero-order chi connectivity index (χ0) is 14.7. The summed E-state index contributed by atoms with van der Waals surface area (Å²) < 4.78 is 5.33. The molecule has 104 valence electrons. The molecule has 1 N–H and O–H groups in total. The standard InChI is InChI=1S/C18H15NO2/c1-21-18-9-5-2-6-13(18)10-14(12-20)16-11-19-17-8-4-3-7-15(16)17/h2-12,19H,1H3/b14-10-. The van der Waals surface area contributed by atoms with Crippen LogP contribution < -0.4 is 4.74 Å². The van der Waals surface area contributed by atoms with E-state index in [1.54, 1.807) is 7.11 Å². The molecule has 0 saturated carbocycles. The molecule has 0 atom stereocenters. The first kappa shape index (κ1) is 13.2. The summed E-state index contributed by atoms with van der Waals surface area (Å²) in [6, 6.07) is 15.6. The number of aldehydes is 1. The molecule has 21 heavy (non-hydrogen) atoms. The van der Waals surface area contributed by atoms with Crippen molar-refractivity contribution in [2.75, 3.05) is 7.11 Å². The molecule has 0 aliphatic rings. The molecule has 0 bridgehead atoms. The normalized spacial score (nSPS) is 11.6. The van der Waals surface area contributed by atoms with Gasteiger partial charge in [0.05, 0.1) is 7.11 Å². The number of aromatic nitrogens is 1. The van der Waals surface area contributed by atoms with Crippen molar-refractivity contribution in [1.29, 1.82) is 0 Å². The van der Waals surface area contributed by atoms with E-state index >= 15 is 0 Å². The van der Waals surface area contributed by atoms with E-state index in [9.17, 15) is 4.79 Å². The minimum absolute atomic E-state index is 0.622. The Morgan fingerprint density at radius 2 is 1.86 bits per heavy atom. The molecule has 1 heterocycles. The van der Waals surface area contributed by atoms with Crippen LogP contribution in [0.1, 0.15) is 11.1 Å². The number of ether oxygens (including phenoxy) is 1. The lowest BCUT2D eigenvalue weighted by Crippen LogP contribution is -1.89. The lowest BCUT2D eigenvalue weighted by Gasteiger charge is -2.05. The van der Waals surface area contributed by atoms with Crippen molar-refractivity contribution in [3.8, 4) is 5.75 Å². The second kappa shape index (κ2) is 5.67. The van der Waals surface area contributed by atoms with Crippen molar-refractivity contribution in [1.82, 2.24) is 4.98 Å². The summed E-state index contributed by atoms with van der Waals surface area (Å²) in [5, 5.41) is 1.03. The molecule has 0 unspecified atom stereocenters. The van der Waals surface area contributed by atoms with Gasteiger partial charge in [0.25, 0.3) is 0 Å². The molecule has 0 radical (unpaired) electrons. The third kappa shape index (κ3) is 2.46. The second-order valence-corrected chi connectivity index (χ2v) is 4.71.